The van der Waals surface area contributed by atoms with E-state index in [4.69, 9.17) is 5.10 Å². The second kappa shape index (κ2) is 7.26. The van der Waals surface area contributed by atoms with Gasteiger partial charge in [0.15, 0.2) is 8.07 Å². The summed E-state index contributed by atoms with van der Waals surface area (Å²) in [5, 5.41) is 14.0. The third-order valence-electron chi connectivity index (χ3n) is 7.96. The van der Waals surface area contributed by atoms with E-state index in [0.717, 1.165) is 22.5 Å². The molecular weight excluding hydrogens is 452 g/mol. The summed E-state index contributed by atoms with van der Waals surface area (Å²) in [7, 11) is -2.41. The van der Waals surface area contributed by atoms with Crippen molar-refractivity contribution in [1.82, 2.24) is 10.2 Å². The molecule has 168 valence electrons. The number of H-pyrrole nitrogens is 1. The molecule has 1 aromatic heterocycles. The number of benzene rings is 5. The van der Waals surface area contributed by atoms with Crippen LogP contribution in [0.2, 0.25) is 0 Å². The highest BCUT2D eigenvalue weighted by Crippen LogP contribution is 2.37. The van der Waals surface area contributed by atoms with Gasteiger partial charge in [0.1, 0.15) is 0 Å². The number of hydrogen-bond acceptors (Lipinski definition) is 1. The lowest BCUT2D eigenvalue weighted by atomic mass is 10.0. The van der Waals surface area contributed by atoms with Crippen molar-refractivity contribution in [2.24, 2.45) is 0 Å². The minimum Gasteiger partial charge on any atom is -0.277 e. The lowest BCUT2D eigenvalue weighted by Gasteiger charge is -2.27. The molecule has 0 saturated carbocycles. The van der Waals surface area contributed by atoms with Crippen LogP contribution in [0.25, 0.3) is 44.8 Å². The third kappa shape index (κ3) is 2.48. The molecule has 36 heavy (non-hydrogen) atoms. The quantitative estimate of drug-likeness (QED) is 0.348. The van der Waals surface area contributed by atoms with Crippen LogP contribution in [0.1, 0.15) is 0 Å². The predicted octanol–water partition coefficient (Wildman–Crippen LogP) is 5.08. The molecule has 0 radical (unpaired) electrons. The second-order valence-electron chi connectivity index (χ2n) is 9.68. The minimum atomic E-state index is -2.41. The van der Waals surface area contributed by atoms with E-state index >= 15 is 0 Å². The molecule has 1 N–H and O–H groups in total. The van der Waals surface area contributed by atoms with E-state index in [2.05, 4.69) is 126 Å². The van der Waals surface area contributed by atoms with E-state index < -0.39 is 8.07 Å². The van der Waals surface area contributed by atoms with Gasteiger partial charge in [0.05, 0.1) is 11.4 Å². The molecule has 0 aliphatic carbocycles. The van der Waals surface area contributed by atoms with Crippen molar-refractivity contribution in [1.29, 1.82) is 0 Å². The van der Waals surface area contributed by atoms with Gasteiger partial charge in [-0.1, -0.05) is 121 Å². The maximum Gasteiger partial charge on any atom is 0.182 e. The molecular formula is C33H22N2Si. The molecule has 0 amide bonds. The van der Waals surface area contributed by atoms with Gasteiger partial charge in [0, 0.05) is 5.56 Å². The Morgan fingerprint density at radius 1 is 0.444 bits per heavy atom. The maximum atomic E-state index is 4.73. The number of rotatable bonds is 2. The number of nitrogens with one attached hydrogen (secondary N) is 1. The van der Waals surface area contributed by atoms with E-state index in [0.29, 0.717) is 0 Å². The molecule has 0 unspecified atom stereocenters. The van der Waals surface area contributed by atoms with Crippen LogP contribution in [0.3, 0.4) is 0 Å². The largest absolute Gasteiger partial charge is 0.277 e. The highest BCUT2D eigenvalue weighted by Gasteiger charge is 2.53. The second-order valence-corrected chi connectivity index (χ2v) is 13.3. The van der Waals surface area contributed by atoms with Gasteiger partial charge in [-0.3, -0.25) is 5.10 Å². The zero-order valence-electron chi connectivity index (χ0n) is 19.6. The first-order valence-electron chi connectivity index (χ1n) is 12.4. The zero-order valence-corrected chi connectivity index (χ0v) is 20.6. The van der Waals surface area contributed by atoms with Crippen molar-refractivity contribution in [3.05, 3.63) is 127 Å². The average molecular weight is 475 g/mol. The Hall–Kier alpha value is -4.47. The standard InChI is InChI=1S/C33H22N2Si/c1-2-10-22(11-3-1)28-21-29(35-34-28)23-18-19-27-26-14-6-9-17-32(26)36(33(27)20-23)30-15-7-4-12-24(30)25-13-5-8-16-31(25)36/h1-21H,(H,34,35). The third-order valence-corrected chi connectivity index (χ3v) is 12.9. The monoisotopic (exact) mass is 474 g/mol. The van der Waals surface area contributed by atoms with Crippen molar-refractivity contribution in [3.63, 3.8) is 0 Å². The summed E-state index contributed by atoms with van der Waals surface area (Å²) in [6.07, 6.45) is 0. The fourth-order valence-electron chi connectivity index (χ4n) is 6.49. The zero-order chi connectivity index (χ0) is 23.7. The Labute approximate surface area is 210 Å². The first-order valence-corrected chi connectivity index (χ1v) is 14.4. The summed E-state index contributed by atoms with van der Waals surface area (Å²) in [5.74, 6) is 0. The van der Waals surface area contributed by atoms with Gasteiger partial charge in [0.2, 0.25) is 0 Å². The Kier molecular flexibility index (Phi) is 3.99. The lowest BCUT2D eigenvalue weighted by Crippen LogP contribution is -2.70. The van der Waals surface area contributed by atoms with Gasteiger partial charge in [0.25, 0.3) is 0 Å². The molecule has 8 rings (SSSR count). The Balaban J connectivity index is 1.40. The van der Waals surface area contributed by atoms with Gasteiger partial charge in [-0.05, 0) is 54.6 Å². The maximum absolute atomic E-state index is 4.73. The smallest absolute Gasteiger partial charge is 0.182 e. The highest BCUT2D eigenvalue weighted by molar-refractivity contribution is 7.24. The summed E-state index contributed by atoms with van der Waals surface area (Å²) >= 11 is 0. The molecule has 3 heteroatoms. The lowest BCUT2D eigenvalue weighted by molar-refractivity contribution is 1.10. The van der Waals surface area contributed by atoms with Gasteiger partial charge in [-0.2, -0.15) is 5.10 Å². The number of nitrogens with zero attached hydrogens (tertiary/aromatic N) is 1. The molecule has 2 aliphatic rings. The van der Waals surface area contributed by atoms with E-state index in [1.54, 1.807) is 0 Å². The molecule has 3 heterocycles. The number of aromatic amines is 1. The Morgan fingerprint density at radius 2 is 0.972 bits per heavy atom. The van der Waals surface area contributed by atoms with E-state index in [1.165, 1.54) is 43.0 Å². The molecule has 0 saturated heterocycles. The van der Waals surface area contributed by atoms with Gasteiger partial charge in [-0.15, -0.1) is 0 Å². The fourth-order valence-corrected chi connectivity index (χ4v) is 12.1. The van der Waals surface area contributed by atoms with Crippen LogP contribution < -0.4 is 20.7 Å². The molecule has 5 aromatic carbocycles. The highest BCUT2D eigenvalue weighted by atomic mass is 28.3. The predicted molar refractivity (Wildman–Crippen MR) is 151 cm³/mol. The van der Waals surface area contributed by atoms with Crippen molar-refractivity contribution < 1.29 is 0 Å². The molecule has 0 atom stereocenters. The summed E-state index contributed by atoms with van der Waals surface area (Å²) < 4.78 is 0. The van der Waals surface area contributed by atoms with Crippen molar-refractivity contribution in [2.75, 3.05) is 0 Å². The van der Waals surface area contributed by atoms with E-state index in [-0.39, 0.29) is 0 Å². The van der Waals surface area contributed by atoms with Gasteiger partial charge < -0.3 is 0 Å². The minimum absolute atomic E-state index is 0.983. The van der Waals surface area contributed by atoms with Crippen LogP contribution in [-0.4, -0.2) is 18.3 Å². The van der Waals surface area contributed by atoms with Crippen LogP contribution in [0, 0.1) is 0 Å². The summed E-state index contributed by atoms with van der Waals surface area (Å²) in [6, 6.07) is 46.8. The van der Waals surface area contributed by atoms with Crippen molar-refractivity contribution in [2.45, 2.75) is 0 Å². The molecule has 1 spiro atoms. The summed E-state index contributed by atoms with van der Waals surface area (Å²) in [4.78, 5) is 0. The van der Waals surface area contributed by atoms with Crippen LogP contribution >= 0.6 is 0 Å². The first kappa shape index (κ1) is 19.8. The average Bonchev–Trinajstić information content (AvgIpc) is 3.63. The van der Waals surface area contributed by atoms with Crippen LogP contribution in [-0.2, 0) is 0 Å². The number of fused-ring (bicyclic) bond motifs is 10. The molecule has 6 aromatic rings. The Bertz CT molecular complexity index is 1730. The summed E-state index contributed by atoms with van der Waals surface area (Å²) in [5.41, 5.74) is 9.85. The van der Waals surface area contributed by atoms with Crippen LogP contribution in [0.5, 0.6) is 0 Å². The Morgan fingerprint density at radius 3 is 1.58 bits per heavy atom. The van der Waals surface area contributed by atoms with Crippen LogP contribution in [0.15, 0.2) is 127 Å². The molecule has 2 aliphatic heterocycles. The van der Waals surface area contributed by atoms with Crippen molar-refractivity contribution >= 4 is 28.8 Å². The van der Waals surface area contributed by atoms with Crippen molar-refractivity contribution in [3.8, 4) is 44.8 Å². The van der Waals surface area contributed by atoms with E-state index in [1.807, 2.05) is 6.07 Å². The number of hydrogen-bond donors (Lipinski definition) is 1. The number of aromatic nitrogens is 2. The SMILES string of the molecule is c1ccc(-c2cc(-c3ccc4c(c3)[Si]3(c5ccccc5-c5ccccc53)c3ccccc3-4)n[nH]2)cc1. The molecule has 0 bridgehead atoms. The molecule has 2 nitrogen and oxygen atoms in total. The summed E-state index contributed by atoms with van der Waals surface area (Å²) in [6.45, 7) is 0. The normalized spacial score (nSPS) is 13.8. The van der Waals surface area contributed by atoms with Gasteiger partial charge in [-0.25, -0.2) is 0 Å². The molecule has 0 fully saturated rings. The van der Waals surface area contributed by atoms with Gasteiger partial charge >= 0.3 is 0 Å². The first-order chi connectivity index (χ1) is 17.9. The van der Waals surface area contributed by atoms with E-state index in [9.17, 15) is 0 Å². The van der Waals surface area contributed by atoms with Crippen LogP contribution in [0.4, 0.5) is 0 Å². The topological polar surface area (TPSA) is 28.7 Å². The fraction of sp³-hybridized carbons (Fsp3) is 0.